The standard InChI is InChI=1S/C32H41NO5/c1-29-14-13-24(35)16-22(29)11-12-25-26-17-23-19-33(15-7-10-21-8-5-4-6-9-21)38-32(23,28(37)20-34)30(26,2)18-27(36)31(25,29)3/h4-6,8-9,13-14,16,23,25-27,34,36H,7,10-12,15,17-20H2,1-3H3/t23-,25-,26-,27-,29-,30-,31+,32-/m0/s1. The number of fused-ring (bicyclic) bond motifs is 7. The minimum Gasteiger partial charge on any atom is -0.392 e. The summed E-state index contributed by atoms with van der Waals surface area (Å²) < 4.78 is 0. The first-order chi connectivity index (χ1) is 18.1. The van der Waals surface area contributed by atoms with Crippen molar-refractivity contribution in [2.45, 2.75) is 71.0 Å². The topological polar surface area (TPSA) is 87.1 Å². The number of hydrogen-bond acceptors (Lipinski definition) is 6. The molecule has 0 spiro atoms. The molecule has 6 rings (SSSR count). The van der Waals surface area contributed by atoms with Crippen molar-refractivity contribution in [3.05, 3.63) is 59.7 Å². The smallest absolute Gasteiger partial charge is 0.192 e. The second-order valence-electron chi connectivity index (χ2n) is 13.1. The first kappa shape index (κ1) is 26.1. The molecule has 6 nitrogen and oxygen atoms in total. The van der Waals surface area contributed by atoms with Crippen LogP contribution in [0.5, 0.6) is 0 Å². The van der Waals surface area contributed by atoms with Gasteiger partial charge in [-0.2, -0.15) is 5.06 Å². The van der Waals surface area contributed by atoms with Crippen LogP contribution < -0.4 is 0 Å². The lowest BCUT2D eigenvalue weighted by molar-refractivity contribution is -0.262. The van der Waals surface area contributed by atoms with Gasteiger partial charge in [0, 0.05) is 35.3 Å². The highest BCUT2D eigenvalue weighted by atomic mass is 16.7. The van der Waals surface area contributed by atoms with Crippen molar-refractivity contribution < 1.29 is 24.6 Å². The molecule has 204 valence electrons. The predicted molar refractivity (Wildman–Crippen MR) is 144 cm³/mol. The Hall–Kier alpha value is -2.12. The van der Waals surface area contributed by atoms with E-state index in [2.05, 4.69) is 45.0 Å². The Balaban J connectivity index is 1.30. The Morgan fingerprint density at radius 3 is 2.66 bits per heavy atom. The fourth-order valence-electron chi connectivity index (χ4n) is 9.61. The van der Waals surface area contributed by atoms with Gasteiger partial charge in [-0.15, -0.1) is 0 Å². The van der Waals surface area contributed by atoms with E-state index in [4.69, 9.17) is 4.84 Å². The normalized spacial score (nSPS) is 43.7. The summed E-state index contributed by atoms with van der Waals surface area (Å²) in [4.78, 5) is 32.5. The average Bonchev–Trinajstić information content (AvgIpc) is 3.38. The fourth-order valence-corrected chi connectivity index (χ4v) is 9.61. The van der Waals surface area contributed by atoms with Crippen LogP contribution in [-0.2, 0) is 20.8 Å². The number of hydrogen-bond donors (Lipinski definition) is 2. The molecule has 0 radical (unpaired) electrons. The molecule has 1 aromatic carbocycles. The zero-order chi connectivity index (χ0) is 26.9. The number of hydroxylamine groups is 2. The molecule has 1 aromatic rings. The SMILES string of the molecule is C[C@]12[C@@H](O)C[C@@]3(C)[C@@H](C[C@H]4CN(CCCc5ccccc5)O[C@]43C(=O)CO)[C@@H]1CCC1=CC(=O)C=C[C@@]12C. The van der Waals surface area contributed by atoms with Crippen LogP contribution in [0.1, 0.15) is 58.4 Å². The van der Waals surface area contributed by atoms with Crippen molar-refractivity contribution in [2.75, 3.05) is 19.7 Å². The van der Waals surface area contributed by atoms with Gasteiger partial charge in [-0.3, -0.25) is 14.4 Å². The Morgan fingerprint density at radius 1 is 1.16 bits per heavy atom. The number of aliphatic hydroxyl groups is 2. The number of benzene rings is 1. The van der Waals surface area contributed by atoms with Crippen LogP contribution in [0.15, 0.2) is 54.1 Å². The lowest BCUT2D eigenvalue weighted by Gasteiger charge is -2.65. The van der Waals surface area contributed by atoms with E-state index in [1.165, 1.54) is 5.56 Å². The number of aryl methyl sites for hydroxylation is 1. The molecule has 0 bridgehead atoms. The third-order valence-corrected chi connectivity index (χ3v) is 11.7. The number of carbonyl (C=O) groups excluding carboxylic acids is 2. The summed E-state index contributed by atoms with van der Waals surface area (Å²) in [5.41, 5.74) is -0.145. The highest BCUT2D eigenvalue weighted by molar-refractivity contribution is 6.01. The predicted octanol–water partition coefficient (Wildman–Crippen LogP) is 4.06. The average molecular weight is 520 g/mol. The summed E-state index contributed by atoms with van der Waals surface area (Å²) in [6.45, 7) is 7.35. The summed E-state index contributed by atoms with van der Waals surface area (Å²) >= 11 is 0. The first-order valence-electron chi connectivity index (χ1n) is 14.3. The maximum Gasteiger partial charge on any atom is 0.192 e. The lowest BCUT2D eigenvalue weighted by Crippen LogP contribution is -2.67. The highest BCUT2D eigenvalue weighted by Crippen LogP contribution is 2.74. The molecule has 4 aliphatic carbocycles. The lowest BCUT2D eigenvalue weighted by atomic mass is 9.39. The summed E-state index contributed by atoms with van der Waals surface area (Å²) in [7, 11) is 0. The minimum absolute atomic E-state index is 0.0170. The van der Waals surface area contributed by atoms with E-state index in [9.17, 15) is 19.8 Å². The molecule has 0 amide bonds. The molecule has 38 heavy (non-hydrogen) atoms. The van der Waals surface area contributed by atoms with E-state index < -0.39 is 34.6 Å². The van der Waals surface area contributed by atoms with E-state index in [1.807, 2.05) is 17.2 Å². The van der Waals surface area contributed by atoms with Crippen molar-refractivity contribution in [1.82, 2.24) is 5.06 Å². The monoisotopic (exact) mass is 519 g/mol. The molecule has 6 heteroatoms. The van der Waals surface area contributed by atoms with Gasteiger partial charge >= 0.3 is 0 Å². The third-order valence-electron chi connectivity index (χ3n) is 11.7. The summed E-state index contributed by atoms with van der Waals surface area (Å²) in [6, 6.07) is 10.4. The number of allylic oxidation sites excluding steroid dienone is 4. The molecule has 3 saturated carbocycles. The van der Waals surface area contributed by atoms with E-state index in [0.29, 0.717) is 13.0 Å². The second-order valence-corrected chi connectivity index (χ2v) is 13.1. The Morgan fingerprint density at radius 2 is 1.92 bits per heavy atom. The van der Waals surface area contributed by atoms with Gasteiger partial charge in [-0.25, -0.2) is 0 Å². The van der Waals surface area contributed by atoms with Crippen LogP contribution in [0.25, 0.3) is 0 Å². The largest absolute Gasteiger partial charge is 0.392 e. The van der Waals surface area contributed by atoms with Crippen LogP contribution in [0.2, 0.25) is 0 Å². The quantitative estimate of drug-likeness (QED) is 0.590. The molecule has 8 atom stereocenters. The van der Waals surface area contributed by atoms with Gasteiger partial charge in [0.25, 0.3) is 0 Å². The van der Waals surface area contributed by atoms with Crippen LogP contribution >= 0.6 is 0 Å². The van der Waals surface area contributed by atoms with Crippen LogP contribution in [0.4, 0.5) is 0 Å². The zero-order valence-electron chi connectivity index (χ0n) is 22.9. The maximum absolute atomic E-state index is 13.7. The van der Waals surface area contributed by atoms with Gasteiger partial charge in [0.15, 0.2) is 17.2 Å². The number of ketones is 2. The Bertz CT molecular complexity index is 1190. The molecule has 2 N–H and O–H groups in total. The van der Waals surface area contributed by atoms with Crippen LogP contribution in [0, 0.1) is 34.0 Å². The van der Waals surface area contributed by atoms with Gasteiger partial charge in [-0.1, -0.05) is 62.8 Å². The van der Waals surface area contributed by atoms with Gasteiger partial charge in [0.1, 0.15) is 6.61 Å². The van der Waals surface area contributed by atoms with Crippen molar-refractivity contribution in [1.29, 1.82) is 0 Å². The number of nitrogens with zero attached hydrogens (tertiary/aromatic N) is 1. The molecule has 1 heterocycles. The molecule has 0 aromatic heterocycles. The van der Waals surface area contributed by atoms with Crippen molar-refractivity contribution in [3.63, 3.8) is 0 Å². The van der Waals surface area contributed by atoms with Gasteiger partial charge in [-0.05, 0) is 68.1 Å². The number of Topliss-reactive ketones (excluding diaryl/α,β-unsaturated/α-hetero) is 1. The molecular formula is C32H41NO5. The minimum atomic E-state index is -1.11. The molecular weight excluding hydrogens is 478 g/mol. The van der Waals surface area contributed by atoms with Crippen molar-refractivity contribution in [2.24, 2.45) is 34.0 Å². The van der Waals surface area contributed by atoms with Gasteiger partial charge < -0.3 is 10.2 Å². The molecule has 1 saturated heterocycles. The summed E-state index contributed by atoms with van der Waals surface area (Å²) in [6.07, 6.45) is 9.65. The van der Waals surface area contributed by atoms with E-state index in [1.54, 1.807) is 12.2 Å². The molecule has 0 unspecified atom stereocenters. The number of carbonyl (C=O) groups is 2. The Kier molecular flexibility index (Phi) is 6.15. The fraction of sp³-hybridized carbons (Fsp3) is 0.625. The molecule has 1 aliphatic heterocycles. The first-order valence-corrected chi connectivity index (χ1v) is 14.3. The third kappa shape index (κ3) is 3.33. The second kappa shape index (κ2) is 8.95. The van der Waals surface area contributed by atoms with Crippen LogP contribution in [-0.4, -0.2) is 58.2 Å². The maximum atomic E-state index is 13.7. The van der Waals surface area contributed by atoms with E-state index >= 15 is 0 Å². The zero-order valence-corrected chi connectivity index (χ0v) is 22.9. The van der Waals surface area contributed by atoms with E-state index in [-0.39, 0.29) is 29.3 Å². The van der Waals surface area contributed by atoms with Gasteiger partial charge in [0.2, 0.25) is 0 Å². The number of aliphatic hydroxyl groups excluding tert-OH is 2. The summed E-state index contributed by atoms with van der Waals surface area (Å²) in [5.74, 6) is 0.127. The molecule has 5 aliphatic rings. The van der Waals surface area contributed by atoms with Crippen molar-refractivity contribution in [3.8, 4) is 0 Å². The van der Waals surface area contributed by atoms with E-state index in [0.717, 1.165) is 44.2 Å². The molecule has 4 fully saturated rings. The van der Waals surface area contributed by atoms with Crippen LogP contribution in [0.3, 0.4) is 0 Å². The Labute approximate surface area is 225 Å². The highest BCUT2D eigenvalue weighted by Gasteiger charge is 2.77. The van der Waals surface area contributed by atoms with Crippen molar-refractivity contribution >= 4 is 11.6 Å². The summed E-state index contributed by atoms with van der Waals surface area (Å²) in [5, 5.41) is 24.1. The van der Waals surface area contributed by atoms with Gasteiger partial charge in [0.05, 0.1) is 6.10 Å². The number of rotatable bonds is 6.